The van der Waals surface area contributed by atoms with Gasteiger partial charge in [0.25, 0.3) is 0 Å². The van der Waals surface area contributed by atoms with Crippen molar-refractivity contribution in [3.05, 3.63) is 0 Å². The molecular formula is C8H15NO. The van der Waals surface area contributed by atoms with Crippen LogP contribution in [0.25, 0.3) is 0 Å². The van der Waals surface area contributed by atoms with Crippen LogP contribution in [0.1, 0.15) is 19.8 Å². The van der Waals surface area contributed by atoms with Crippen molar-refractivity contribution >= 4 is 0 Å². The molecule has 2 aliphatic heterocycles. The number of nitrogens with zero attached hydrogens (tertiary/aromatic N) is 1. The van der Waals surface area contributed by atoms with Gasteiger partial charge in [-0.3, -0.25) is 4.90 Å². The summed E-state index contributed by atoms with van der Waals surface area (Å²) in [6.07, 6.45) is 2.74. The average Bonchev–Trinajstić information content (AvgIpc) is 2.33. The van der Waals surface area contributed by atoms with Crippen LogP contribution in [0.5, 0.6) is 0 Å². The maximum Gasteiger partial charge on any atom is 0.0994 e. The molecule has 0 spiro atoms. The molecule has 2 heteroatoms. The van der Waals surface area contributed by atoms with Crippen LogP contribution < -0.4 is 0 Å². The topological polar surface area (TPSA) is 12.5 Å². The molecule has 2 rings (SSSR count). The summed E-state index contributed by atoms with van der Waals surface area (Å²) in [7, 11) is 0. The Morgan fingerprint density at radius 3 is 3.20 bits per heavy atom. The van der Waals surface area contributed by atoms with Gasteiger partial charge in [0, 0.05) is 12.6 Å². The van der Waals surface area contributed by atoms with Gasteiger partial charge in [0.1, 0.15) is 0 Å². The second-order valence-corrected chi connectivity index (χ2v) is 3.61. The molecule has 0 saturated carbocycles. The minimum absolute atomic E-state index is 0.760. The molecule has 10 heavy (non-hydrogen) atoms. The molecule has 0 bridgehead atoms. The molecule has 2 heterocycles. The van der Waals surface area contributed by atoms with E-state index in [1.807, 2.05) is 0 Å². The van der Waals surface area contributed by atoms with Crippen LogP contribution in [0.3, 0.4) is 0 Å². The number of hydrogen-bond donors (Lipinski definition) is 0. The lowest BCUT2D eigenvalue weighted by Crippen LogP contribution is -2.39. The summed E-state index contributed by atoms with van der Waals surface area (Å²) in [6.45, 7) is 5.45. The largest absolute Gasteiger partial charge is 0.364 e. The fourth-order valence-corrected chi connectivity index (χ4v) is 1.95. The van der Waals surface area contributed by atoms with E-state index in [-0.39, 0.29) is 0 Å². The van der Waals surface area contributed by atoms with Gasteiger partial charge in [0.2, 0.25) is 0 Å². The maximum atomic E-state index is 5.37. The zero-order valence-corrected chi connectivity index (χ0v) is 6.55. The van der Waals surface area contributed by atoms with Crippen molar-refractivity contribution in [2.75, 3.05) is 19.9 Å². The lowest BCUT2D eigenvalue weighted by molar-refractivity contribution is 0.112. The summed E-state index contributed by atoms with van der Waals surface area (Å²) in [6, 6.07) is 0.760. The first-order valence-electron chi connectivity index (χ1n) is 4.18. The van der Waals surface area contributed by atoms with Crippen molar-refractivity contribution in [2.24, 2.45) is 5.92 Å². The molecular weight excluding hydrogens is 126 g/mol. The summed E-state index contributed by atoms with van der Waals surface area (Å²) in [5.74, 6) is 0.887. The summed E-state index contributed by atoms with van der Waals surface area (Å²) < 4.78 is 5.37. The van der Waals surface area contributed by atoms with E-state index in [1.165, 1.54) is 19.4 Å². The SMILES string of the molecule is C[C@H]1CC[C@H]2COCN2C1. The molecule has 0 aromatic heterocycles. The number of piperidine rings is 1. The second kappa shape index (κ2) is 2.51. The first-order valence-corrected chi connectivity index (χ1v) is 4.18. The predicted molar refractivity (Wildman–Crippen MR) is 39.7 cm³/mol. The van der Waals surface area contributed by atoms with Crippen molar-refractivity contribution in [3.63, 3.8) is 0 Å². The molecule has 2 saturated heterocycles. The molecule has 0 aromatic rings. The molecule has 0 N–H and O–H groups in total. The van der Waals surface area contributed by atoms with Crippen molar-refractivity contribution in [2.45, 2.75) is 25.8 Å². The number of hydrogen-bond acceptors (Lipinski definition) is 2. The second-order valence-electron chi connectivity index (χ2n) is 3.61. The Labute approximate surface area is 62.2 Å². The normalized spacial score (nSPS) is 41.7. The molecule has 2 nitrogen and oxygen atoms in total. The van der Waals surface area contributed by atoms with E-state index in [1.54, 1.807) is 0 Å². The van der Waals surface area contributed by atoms with E-state index >= 15 is 0 Å². The van der Waals surface area contributed by atoms with E-state index in [0.717, 1.165) is 25.3 Å². The molecule has 0 aromatic carbocycles. The first kappa shape index (κ1) is 6.62. The lowest BCUT2D eigenvalue weighted by Gasteiger charge is -2.31. The fraction of sp³-hybridized carbons (Fsp3) is 1.00. The van der Waals surface area contributed by atoms with E-state index in [2.05, 4.69) is 11.8 Å². The predicted octanol–water partition coefficient (Wildman–Crippen LogP) is 1.07. The summed E-state index contributed by atoms with van der Waals surface area (Å²) in [5.41, 5.74) is 0. The molecule has 0 unspecified atom stereocenters. The summed E-state index contributed by atoms with van der Waals surface area (Å²) in [5, 5.41) is 0. The van der Waals surface area contributed by atoms with Gasteiger partial charge in [0.15, 0.2) is 0 Å². The van der Waals surface area contributed by atoms with Crippen LogP contribution in [0.2, 0.25) is 0 Å². The van der Waals surface area contributed by atoms with Crippen LogP contribution in [0, 0.1) is 5.92 Å². The Morgan fingerprint density at radius 1 is 1.40 bits per heavy atom. The highest BCUT2D eigenvalue weighted by molar-refractivity contribution is 4.81. The number of rotatable bonds is 0. The van der Waals surface area contributed by atoms with Gasteiger partial charge in [0.05, 0.1) is 13.3 Å². The smallest absolute Gasteiger partial charge is 0.0994 e. The third-order valence-corrected chi connectivity index (χ3v) is 2.62. The highest BCUT2D eigenvalue weighted by atomic mass is 16.5. The van der Waals surface area contributed by atoms with Crippen molar-refractivity contribution in [1.82, 2.24) is 4.90 Å². The Hall–Kier alpha value is -0.0800. The summed E-state index contributed by atoms with van der Waals surface area (Å²) in [4.78, 5) is 2.47. The Bertz CT molecular complexity index is 126. The average molecular weight is 141 g/mol. The molecule has 0 radical (unpaired) electrons. The molecule has 2 aliphatic rings. The van der Waals surface area contributed by atoms with Gasteiger partial charge in [-0.15, -0.1) is 0 Å². The lowest BCUT2D eigenvalue weighted by atomic mass is 9.96. The fourth-order valence-electron chi connectivity index (χ4n) is 1.95. The Balaban J connectivity index is 1.96. The Morgan fingerprint density at radius 2 is 2.30 bits per heavy atom. The van der Waals surface area contributed by atoms with Crippen LogP contribution >= 0.6 is 0 Å². The molecule has 0 aliphatic carbocycles. The number of ether oxygens (including phenoxy) is 1. The highest BCUT2D eigenvalue weighted by Gasteiger charge is 2.30. The van der Waals surface area contributed by atoms with Gasteiger partial charge in [-0.1, -0.05) is 6.92 Å². The van der Waals surface area contributed by atoms with Gasteiger partial charge >= 0.3 is 0 Å². The van der Waals surface area contributed by atoms with Crippen LogP contribution in [0.4, 0.5) is 0 Å². The Kier molecular flexibility index (Phi) is 1.66. The van der Waals surface area contributed by atoms with E-state index < -0.39 is 0 Å². The standard InChI is InChI=1S/C8H15NO/c1-7-2-3-8-5-10-6-9(8)4-7/h7-8H,2-6H2,1H3/t7-,8-/m0/s1. The minimum atomic E-state index is 0.760. The van der Waals surface area contributed by atoms with Crippen LogP contribution in [0.15, 0.2) is 0 Å². The van der Waals surface area contributed by atoms with Gasteiger partial charge < -0.3 is 4.74 Å². The zero-order valence-electron chi connectivity index (χ0n) is 6.55. The third-order valence-electron chi connectivity index (χ3n) is 2.62. The quantitative estimate of drug-likeness (QED) is 0.500. The van der Waals surface area contributed by atoms with Crippen LogP contribution in [-0.4, -0.2) is 30.8 Å². The van der Waals surface area contributed by atoms with E-state index in [0.29, 0.717) is 0 Å². The zero-order chi connectivity index (χ0) is 6.97. The minimum Gasteiger partial charge on any atom is -0.364 e. The van der Waals surface area contributed by atoms with E-state index in [9.17, 15) is 0 Å². The first-order chi connectivity index (χ1) is 4.86. The third kappa shape index (κ3) is 1.06. The van der Waals surface area contributed by atoms with Crippen molar-refractivity contribution in [3.8, 4) is 0 Å². The number of fused-ring (bicyclic) bond motifs is 1. The van der Waals surface area contributed by atoms with Gasteiger partial charge in [-0.2, -0.15) is 0 Å². The van der Waals surface area contributed by atoms with E-state index in [4.69, 9.17) is 4.74 Å². The van der Waals surface area contributed by atoms with Crippen LogP contribution in [-0.2, 0) is 4.74 Å². The highest BCUT2D eigenvalue weighted by Crippen LogP contribution is 2.24. The van der Waals surface area contributed by atoms with Gasteiger partial charge in [-0.25, -0.2) is 0 Å². The van der Waals surface area contributed by atoms with Crippen molar-refractivity contribution in [1.29, 1.82) is 0 Å². The molecule has 0 amide bonds. The van der Waals surface area contributed by atoms with Crippen molar-refractivity contribution < 1.29 is 4.74 Å². The monoisotopic (exact) mass is 141 g/mol. The molecule has 2 atom stereocenters. The summed E-state index contributed by atoms with van der Waals surface area (Å²) >= 11 is 0. The molecule has 58 valence electrons. The van der Waals surface area contributed by atoms with Gasteiger partial charge in [-0.05, 0) is 18.8 Å². The maximum absolute atomic E-state index is 5.37. The molecule has 2 fully saturated rings.